The fraction of sp³-hybridized carbons (Fsp3) is 0.895. The molecule has 3 fully saturated rings. The summed E-state index contributed by atoms with van der Waals surface area (Å²) in [5.41, 5.74) is 2.32. The first kappa shape index (κ1) is 35.5. The van der Waals surface area contributed by atoms with Crippen LogP contribution in [0.4, 0.5) is 0 Å². The van der Waals surface area contributed by atoms with Crippen LogP contribution in [0.3, 0.4) is 0 Å². The number of ether oxygens (including phenoxy) is 1. The fourth-order valence-electron chi connectivity index (χ4n) is 10.1. The first-order valence-electron chi connectivity index (χ1n) is 18.4. The summed E-state index contributed by atoms with van der Waals surface area (Å²) in [6.45, 7) is 13.1. The standard InChI is InChI=1S/C38H67N3O3/c1-28(2)12-8-9-13-29-15-17-33-32-16-14-30-26-31(18-20-38(30,4)34(32)19-21-37(29,33)3)44-36(43)27-35(42)41(24-10-22-39-5)25-11-23-40(6)7/h14,28-29,31-34,39H,8-13,15-27H2,1-7H3. The van der Waals surface area contributed by atoms with E-state index in [-0.39, 0.29) is 29.8 Å². The Morgan fingerprint density at radius 2 is 1.75 bits per heavy atom. The third-order valence-electron chi connectivity index (χ3n) is 12.7. The molecule has 7 atom stereocenters. The molecule has 0 aromatic heterocycles. The van der Waals surface area contributed by atoms with E-state index in [9.17, 15) is 9.59 Å². The highest BCUT2D eigenvalue weighted by Gasteiger charge is 2.58. The van der Waals surface area contributed by atoms with Crippen LogP contribution in [-0.4, -0.2) is 75.1 Å². The Bertz CT molecular complexity index is 978. The number of hydrogen-bond donors (Lipinski definition) is 1. The van der Waals surface area contributed by atoms with Gasteiger partial charge in [-0.05, 0) is 139 Å². The molecule has 0 radical (unpaired) electrons. The van der Waals surface area contributed by atoms with Crippen LogP contribution in [-0.2, 0) is 14.3 Å². The maximum atomic E-state index is 13.1. The van der Waals surface area contributed by atoms with Crippen molar-refractivity contribution in [2.45, 2.75) is 130 Å². The third-order valence-corrected chi connectivity index (χ3v) is 12.7. The molecule has 4 aliphatic rings. The minimum Gasteiger partial charge on any atom is -0.462 e. The van der Waals surface area contributed by atoms with E-state index in [0.717, 1.165) is 74.8 Å². The van der Waals surface area contributed by atoms with Crippen molar-refractivity contribution in [3.63, 3.8) is 0 Å². The van der Waals surface area contributed by atoms with Gasteiger partial charge in [0.25, 0.3) is 0 Å². The van der Waals surface area contributed by atoms with E-state index in [2.05, 4.69) is 44.0 Å². The molecule has 44 heavy (non-hydrogen) atoms. The number of hydrogen-bond acceptors (Lipinski definition) is 5. The number of unbranched alkanes of at least 4 members (excludes halogenated alkanes) is 1. The summed E-state index contributed by atoms with van der Waals surface area (Å²) < 4.78 is 6.02. The molecule has 1 N–H and O–H groups in total. The van der Waals surface area contributed by atoms with Crippen LogP contribution in [0.15, 0.2) is 11.6 Å². The number of carbonyl (C=O) groups excluding carboxylic acids is 2. The summed E-state index contributed by atoms with van der Waals surface area (Å²) in [7, 11) is 6.03. The number of rotatable bonds is 16. The van der Waals surface area contributed by atoms with Crippen LogP contribution in [0, 0.1) is 40.4 Å². The van der Waals surface area contributed by atoms with Crippen LogP contribution >= 0.6 is 0 Å². The summed E-state index contributed by atoms with van der Waals surface area (Å²) >= 11 is 0. The first-order valence-corrected chi connectivity index (χ1v) is 18.4. The molecule has 0 aliphatic heterocycles. The van der Waals surface area contributed by atoms with Gasteiger partial charge in [-0.15, -0.1) is 0 Å². The van der Waals surface area contributed by atoms with E-state index in [1.54, 1.807) is 5.57 Å². The van der Waals surface area contributed by atoms with Gasteiger partial charge in [0.2, 0.25) is 5.91 Å². The Hall–Kier alpha value is -1.40. The lowest BCUT2D eigenvalue weighted by Crippen LogP contribution is -2.50. The third kappa shape index (κ3) is 8.49. The van der Waals surface area contributed by atoms with Gasteiger partial charge in [-0.3, -0.25) is 9.59 Å². The maximum absolute atomic E-state index is 13.1. The van der Waals surface area contributed by atoms with Crippen molar-refractivity contribution < 1.29 is 14.3 Å². The number of fused-ring (bicyclic) bond motifs is 5. The highest BCUT2D eigenvalue weighted by molar-refractivity contribution is 5.94. The molecule has 0 aromatic carbocycles. The van der Waals surface area contributed by atoms with Gasteiger partial charge in [-0.1, -0.05) is 58.6 Å². The second-order valence-corrected chi connectivity index (χ2v) is 16.3. The molecule has 0 spiro atoms. The molecule has 6 nitrogen and oxygen atoms in total. The number of nitrogens with one attached hydrogen (secondary N) is 1. The zero-order valence-electron chi connectivity index (χ0n) is 29.6. The highest BCUT2D eigenvalue weighted by Crippen LogP contribution is 2.66. The fourth-order valence-corrected chi connectivity index (χ4v) is 10.1. The van der Waals surface area contributed by atoms with Gasteiger partial charge in [0.15, 0.2) is 0 Å². The molecule has 0 aromatic rings. The van der Waals surface area contributed by atoms with Crippen molar-refractivity contribution >= 4 is 11.9 Å². The van der Waals surface area contributed by atoms with Crippen LogP contribution in [0.5, 0.6) is 0 Å². The van der Waals surface area contributed by atoms with Crippen LogP contribution < -0.4 is 5.32 Å². The molecular formula is C38H67N3O3. The summed E-state index contributed by atoms with van der Waals surface area (Å²) in [6, 6.07) is 0. The lowest BCUT2D eigenvalue weighted by molar-refractivity contribution is -0.155. The topological polar surface area (TPSA) is 61.9 Å². The number of allylic oxidation sites excluding steroid dienone is 1. The number of nitrogens with zero attached hydrogens (tertiary/aromatic N) is 2. The molecule has 252 valence electrons. The van der Waals surface area contributed by atoms with E-state index in [0.29, 0.717) is 18.5 Å². The predicted octanol–water partition coefficient (Wildman–Crippen LogP) is 7.47. The smallest absolute Gasteiger partial charge is 0.315 e. The van der Waals surface area contributed by atoms with Crippen molar-refractivity contribution in [1.82, 2.24) is 15.1 Å². The quantitative estimate of drug-likeness (QED) is 0.0847. The number of esters is 1. The van der Waals surface area contributed by atoms with Gasteiger partial charge >= 0.3 is 5.97 Å². The molecular weight excluding hydrogens is 546 g/mol. The Balaban J connectivity index is 1.31. The van der Waals surface area contributed by atoms with Gasteiger partial charge < -0.3 is 19.9 Å². The van der Waals surface area contributed by atoms with Gasteiger partial charge in [-0.25, -0.2) is 0 Å². The lowest BCUT2D eigenvalue weighted by Gasteiger charge is -2.58. The van der Waals surface area contributed by atoms with E-state index in [1.165, 1.54) is 57.8 Å². The minimum atomic E-state index is -0.345. The van der Waals surface area contributed by atoms with Crippen molar-refractivity contribution in [3.8, 4) is 0 Å². The minimum absolute atomic E-state index is 0.0896. The summed E-state index contributed by atoms with van der Waals surface area (Å²) in [5.74, 6) is 3.78. The zero-order chi connectivity index (χ0) is 31.9. The average molecular weight is 614 g/mol. The monoisotopic (exact) mass is 614 g/mol. The van der Waals surface area contributed by atoms with Gasteiger partial charge in [-0.2, -0.15) is 0 Å². The first-order chi connectivity index (χ1) is 21.0. The SMILES string of the molecule is CNCCCN(CCCN(C)C)C(=O)CC(=O)OC1CCC2(C)C(=CCC3C2CCC2(C)C(CCCCC(C)C)CCC32)C1. The van der Waals surface area contributed by atoms with E-state index in [4.69, 9.17) is 4.74 Å². The molecule has 6 heteroatoms. The highest BCUT2D eigenvalue weighted by atomic mass is 16.5. The summed E-state index contributed by atoms with van der Waals surface area (Å²) in [4.78, 5) is 30.1. The van der Waals surface area contributed by atoms with Crippen molar-refractivity contribution in [2.75, 3.05) is 47.3 Å². The molecule has 4 rings (SSSR count). The maximum Gasteiger partial charge on any atom is 0.315 e. The van der Waals surface area contributed by atoms with Crippen LogP contribution in [0.25, 0.3) is 0 Å². The Kier molecular flexibility index (Phi) is 12.8. The van der Waals surface area contributed by atoms with Crippen LogP contribution in [0.1, 0.15) is 124 Å². The normalized spacial score (nSPS) is 33.0. The Morgan fingerprint density at radius 1 is 0.977 bits per heavy atom. The van der Waals surface area contributed by atoms with Gasteiger partial charge in [0.05, 0.1) is 0 Å². The van der Waals surface area contributed by atoms with E-state index >= 15 is 0 Å². The second kappa shape index (κ2) is 15.9. The number of amides is 1. The van der Waals surface area contributed by atoms with Gasteiger partial charge in [0.1, 0.15) is 12.5 Å². The predicted molar refractivity (Wildman–Crippen MR) is 181 cm³/mol. The Morgan fingerprint density at radius 3 is 2.48 bits per heavy atom. The van der Waals surface area contributed by atoms with Gasteiger partial charge in [0, 0.05) is 19.5 Å². The summed E-state index contributed by atoms with van der Waals surface area (Å²) in [5, 5.41) is 3.16. The van der Waals surface area contributed by atoms with Crippen molar-refractivity contribution in [2.24, 2.45) is 40.4 Å². The molecule has 3 saturated carbocycles. The molecule has 4 aliphatic carbocycles. The second-order valence-electron chi connectivity index (χ2n) is 16.3. The van der Waals surface area contributed by atoms with E-state index < -0.39 is 0 Å². The average Bonchev–Trinajstić information content (AvgIpc) is 3.30. The molecule has 0 saturated heterocycles. The Labute approximate surface area is 270 Å². The van der Waals surface area contributed by atoms with Crippen molar-refractivity contribution in [1.29, 1.82) is 0 Å². The largest absolute Gasteiger partial charge is 0.462 e. The van der Waals surface area contributed by atoms with Crippen molar-refractivity contribution in [3.05, 3.63) is 11.6 Å². The lowest BCUT2D eigenvalue weighted by atomic mass is 9.47. The molecule has 1 amide bonds. The van der Waals surface area contributed by atoms with E-state index in [1.807, 2.05) is 26.0 Å². The summed E-state index contributed by atoms with van der Waals surface area (Å²) in [6.07, 6.45) is 19.5. The molecule has 0 bridgehead atoms. The molecule has 7 unspecified atom stereocenters. The van der Waals surface area contributed by atoms with Crippen LogP contribution in [0.2, 0.25) is 0 Å². The molecule has 0 heterocycles. The number of carbonyl (C=O) groups is 2. The zero-order valence-corrected chi connectivity index (χ0v) is 29.6.